The molecular formula is C25H31N7O2. The number of allylic oxidation sites excluding steroid dienone is 1. The summed E-state index contributed by atoms with van der Waals surface area (Å²) in [6, 6.07) is 9.77. The third-order valence-corrected chi connectivity index (χ3v) is 5.42. The Morgan fingerprint density at radius 2 is 1.91 bits per heavy atom. The Labute approximate surface area is 200 Å². The molecule has 0 saturated carbocycles. The van der Waals surface area contributed by atoms with E-state index >= 15 is 0 Å². The fourth-order valence-electron chi connectivity index (χ4n) is 3.62. The zero-order chi connectivity index (χ0) is 23.9. The van der Waals surface area contributed by atoms with Crippen molar-refractivity contribution < 1.29 is 9.47 Å². The first kappa shape index (κ1) is 23.4. The number of nitrogens with zero attached hydrogens (tertiary/aromatic N) is 7. The lowest BCUT2D eigenvalue weighted by atomic mass is 10.2. The number of anilines is 3. The van der Waals surface area contributed by atoms with E-state index in [1.807, 2.05) is 74.8 Å². The fraction of sp³-hybridized carbons (Fsp3) is 0.360. The average molecular weight is 462 g/mol. The van der Waals surface area contributed by atoms with Gasteiger partial charge in [-0.1, -0.05) is 30.9 Å². The quantitative estimate of drug-likeness (QED) is 0.445. The Bertz CT molecular complexity index is 1160. The first-order chi connectivity index (χ1) is 16.5. The lowest BCUT2D eigenvalue weighted by molar-refractivity contribution is 0.122. The third kappa shape index (κ3) is 5.79. The zero-order valence-electron chi connectivity index (χ0n) is 20.0. The van der Waals surface area contributed by atoms with E-state index in [4.69, 9.17) is 14.5 Å². The average Bonchev–Trinajstić information content (AvgIpc) is 2.87. The number of rotatable bonds is 9. The van der Waals surface area contributed by atoms with Gasteiger partial charge in [-0.05, 0) is 11.6 Å². The van der Waals surface area contributed by atoms with Crippen LogP contribution >= 0.6 is 0 Å². The number of aromatic nitrogens is 4. The van der Waals surface area contributed by atoms with Gasteiger partial charge >= 0.3 is 0 Å². The summed E-state index contributed by atoms with van der Waals surface area (Å²) in [5, 5.41) is 0.982. The fourth-order valence-corrected chi connectivity index (χ4v) is 3.62. The highest BCUT2D eigenvalue weighted by Crippen LogP contribution is 2.26. The summed E-state index contributed by atoms with van der Waals surface area (Å²) in [5.74, 6) is 2.30. The highest BCUT2D eigenvalue weighted by Gasteiger charge is 2.19. The molecule has 178 valence electrons. The van der Waals surface area contributed by atoms with Crippen LogP contribution in [0.2, 0.25) is 0 Å². The monoisotopic (exact) mass is 461 g/mol. The molecule has 0 unspecified atom stereocenters. The van der Waals surface area contributed by atoms with Crippen molar-refractivity contribution >= 4 is 28.6 Å². The maximum absolute atomic E-state index is 6.06. The van der Waals surface area contributed by atoms with Gasteiger partial charge in [-0.25, -0.2) is 9.97 Å². The predicted octanol–water partition coefficient (Wildman–Crippen LogP) is 3.42. The van der Waals surface area contributed by atoms with Crippen LogP contribution in [0.5, 0.6) is 5.88 Å². The summed E-state index contributed by atoms with van der Waals surface area (Å²) in [6.07, 6.45) is 6.41. The summed E-state index contributed by atoms with van der Waals surface area (Å²) in [6.45, 7) is 7.22. The normalized spacial score (nSPS) is 14.2. The molecule has 0 radical (unpaired) electrons. The van der Waals surface area contributed by atoms with Gasteiger partial charge in [-0.15, -0.1) is 0 Å². The topological polar surface area (TPSA) is 79.7 Å². The van der Waals surface area contributed by atoms with Gasteiger partial charge in [0.25, 0.3) is 0 Å². The molecule has 0 amide bonds. The van der Waals surface area contributed by atoms with Crippen molar-refractivity contribution in [2.24, 2.45) is 0 Å². The Morgan fingerprint density at radius 3 is 2.68 bits per heavy atom. The van der Waals surface area contributed by atoms with Gasteiger partial charge < -0.3 is 19.3 Å². The van der Waals surface area contributed by atoms with Gasteiger partial charge in [0.2, 0.25) is 17.8 Å². The highest BCUT2D eigenvalue weighted by molar-refractivity contribution is 5.78. The summed E-state index contributed by atoms with van der Waals surface area (Å²) < 4.78 is 11.6. The van der Waals surface area contributed by atoms with Crippen molar-refractivity contribution in [3.05, 3.63) is 61.0 Å². The predicted molar refractivity (Wildman–Crippen MR) is 135 cm³/mol. The molecule has 0 spiro atoms. The van der Waals surface area contributed by atoms with Crippen LogP contribution in [0, 0.1) is 0 Å². The molecule has 4 rings (SSSR count). The number of morpholine rings is 1. The van der Waals surface area contributed by atoms with E-state index in [0.717, 1.165) is 41.8 Å². The van der Waals surface area contributed by atoms with Crippen molar-refractivity contribution in [2.75, 3.05) is 63.9 Å². The molecule has 0 aliphatic carbocycles. The minimum atomic E-state index is 0.473. The van der Waals surface area contributed by atoms with E-state index in [9.17, 15) is 0 Å². The zero-order valence-corrected chi connectivity index (χ0v) is 20.0. The molecule has 0 bridgehead atoms. The standard InChI is InChI=1S/C25H31N7O2/c1-5-19(18-30(2)3)10-13-34-23-16-22(32-11-14-33-15-12-32)28-25(29-23)31(4)24-26-17-20-8-6-7-9-21(20)27-24/h5-9,16-18H,1,10-15H2,2-4H3/b19-18+. The number of fused-ring (bicyclic) bond motifs is 1. The van der Waals surface area contributed by atoms with E-state index in [1.54, 1.807) is 4.90 Å². The van der Waals surface area contributed by atoms with E-state index in [2.05, 4.69) is 26.4 Å². The molecule has 9 nitrogen and oxygen atoms in total. The minimum absolute atomic E-state index is 0.473. The van der Waals surface area contributed by atoms with Gasteiger partial charge in [0.05, 0.1) is 25.3 Å². The molecule has 1 saturated heterocycles. The number of ether oxygens (including phenoxy) is 2. The molecule has 34 heavy (non-hydrogen) atoms. The molecule has 1 fully saturated rings. The van der Waals surface area contributed by atoms with Crippen molar-refractivity contribution in [2.45, 2.75) is 6.42 Å². The second-order valence-corrected chi connectivity index (χ2v) is 8.22. The maximum Gasteiger partial charge on any atom is 0.237 e. The third-order valence-electron chi connectivity index (χ3n) is 5.42. The second-order valence-electron chi connectivity index (χ2n) is 8.22. The number of para-hydroxylation sites is 1. The van der Waals surface area contributed by atoms with Crippen LogP contribution in [-0.4, -0.2) is 78.9 Å². The number of hydrogen-bond acceptors (Lipinski definition) is 9. The van der Waals surface area contributed by atoms with E-state index < -0.39 is 0 Å². The molecule has 1 aliphatic rings. The van der Waals surface area contributed by atoms with Crippen LogP contribution in [0.4, 0.5) is 17.7 Å². The van der Waals surface area contributed by atoms with Crippen molar-refractivity contribution in [1.29, 1.82) is 0 Å². The Hall–Kier alpha value is -3.72. The van der Waals surface area contributed by atoms with E-state index in [-0.39, 0.29) is 0 Å². The lowest BCUT2D eigenvalue weighted by Crippen LogP contribution is -2.37. The summed E-state index contributed by atoms with van der Waals surface area (Å²) >= 11 is 0. The first-order valence-corrected chi connectivity index (χ1v) is 11.3. The van der Waals surface area contributed by atoms with Gasteiger partial charge in [0, 0.05) is 64.5 Å². The van der Waals surface area contributed by atoms with Gasteiger partial charge in [0.15, 0.2) is 0 Å². The van der Waals surface area contributed by atoms with Crippen LogP contribution in [-0.2, 0) is 4.74 Å². The van der Waals surface area contributed by atoms with Crippen LogP contribution < -0.4 is 14.5 Å². The minimum Gasteiger partial charge on any atom is -0.477 e. The second kappa shape index (κ2) is 10.9. The first-order valence-electron chi connectivity index (χ1n) is 11.3. The van der Waals surface area contributed by atoms with Crippen LogP contribution in [0.25, 0.3) is 10.9 Å². The molecule has 2 aromatic heterocycles. The molecule has 1 aromatic carbocycles. The molecule has 3 aromatic rings. The summed E-state index contributed by atoms with van der Waals surface area (Å²) in [7, 11) is 5.84. The largest absolute Gasteiger partial charge is 0.477 e. The molecule has 0 N–H and O–H groups in total. The molecule has 3 heterocycles. The van der Waals surface area contributed by atoms with Gasteiger partial charge in [-0.3, -0.25) is 4.90 Å². The highest BCUT2D eigenvalue weighted by atomic mass is 16.5. The molecular weight excluding hydrogens is 430 g/mol. The Kier molecular flexibility index (Phi) is 7.54. The lowest BCUT2D eigenvalue weighted by Gasteiger charge is -2.28. The smallest absolute Gasteiger partial charge is 0.237 e. The van der Waals surface area contributed by atoms with Crippen molar-refractivity contribution in [3.8, 4) is 5.88 Å². The van der Waals surface area contributed by atoms with E-state index in [1.165, 1.54) is 0 Å². The van der Waals surface area contributed by atoms with Crippen LogP contribution in [0.3, 0.4) is 0 Å². The number of benzene rings is 1. The van der Waals surface area contributed by atoms with Crippen molar-refractivity contribution in [3.63, 3.8) is 0 Å². The summed E-state index contributed by atoms with van der Waals surface area (Å²) in [5.41, 5.74) is 1.96. The van der Waals surface area contributed by atoms with Gasteiger partial charge in [-0.2, -0.15) is 9.97 Å². The Balaban J connectivity index is 1.60. The molecule has 9 heteroatoms. The van der Waals surface area contributed by atoms with Crippen LogP contribution in [0.1, 0.15) is 6.42 Å². The van der Waals surface area contributed by atoms with Crippen LogP contribution in [0.15, 0.2) is 61.0 Å². The SMILES string of the molecule is C=C/C(=C\N(C)C)CCOc1cc(N2CCOCC2)nc(N(C)c2ncc3ccccc3n2)n1. The maximum atomic E-state index is 6.06. The van der Waals surface area contributed by atoms with Crippen molar-refractivity contribution in [1.82, 2.24) is 24.8 Å². The van der Waals surface area contributed by atoms with Gasteiger partial charge in [0.1, 0.15) is 5.82 Å². The number of hydrogen-bond donors (Lipinski definition) is 0. The Morgan fingerprint density at radius 1 is 1.12 bits per heavy atom. The molecule has 0 atom stereocenters. The summed E-state index contributed by atoms with van der Waals surface area (Å²) in [4.78, 5) is 24.6. The van der Waals surface area contributed by atoms with E-state index in [0.29, 0.717) is 37.6 Å². The molecule has 1 aliphatic heterocycles.